The minimum absolute atomic E-state index is 0.235. The molecule has 0 bridgehead atoms. The number of aromatic carboxylic acids is 1. The third kappa shape index (κ3) is 5.01. The summed E-state index contributed by atoms with van der Waals surface area (Å²) in [5.41, 5.74) is 6.60. The molecule has 1 aliphatic carbocycles. The summed E-state index contributed by atoms with van der Waals surface area (Å²) in [7, 11) is 0. The van der Waals surface area contributed by atoms with Crippen molar-refractivity contribution in [2.45, 2.75) is 45.1 Å². The van der Waals surface area contributed by atoms with Crippen LogP contribution in [0.1, 0.15) is 69.9 Å². The molecule has 0 fully saturated rings. The Morgan fingerprint density at radius 1 is 1.00 bits per heavy atom. The number of nitrogens with one attached hydrogen (secondary N) is 1. The smallest absolute Gasteiger partial charge is 0.335 e. The normalized spacial score (nSPS) is 18.2. The fourth-order valence-electron chi connectivity index (χ4n) is 5.83. The van der Waals surface area contributed by atoms with E-state index in [-0.39, 0.29) is 12.0 Å². The van der Waals surface area contributed by atoms with Gasteiger partial charge in [-0.25, -0.2) is 4.79 Å². The van der Waals surface area contributed by atoms with E-state index < -0.39 is 5.97 Å². The maximum absolute atomic E-state index is 11.7. The molecule has 0 saturated carbocycles. The van der Waals surface area contributed by atoms with Crippen molar-refractivity contribution in [1.82, 2.24) is 5.32 Å². The number of hydrogen-bond donors (Lipinski definition) is 2. The quantitative estimate of drug-likeness (QED) is 0.303. The Bertz CT molecular complexity index is 1350. The zero-order valence-corrected chi connectivity index (χ0v) is 20.5. The van der Waals surface area contributed by atoms with Gasteiger partial charge in [0.1, 0.15) is 0 Å². The van der Waals surface area contributed by atoms with Crippen molar-refractivity contribution >= 4 is 16.7 Å². The van der Waals surface area contributed by atoms with Gasteiger partial charge in [0, 0.05) is 12.0 Å². The van der Waals surface area contributed by atoms with E-state index in [2.05, 4.69) is 85.0 Å². The topological polar surface area (TPSA) is 49.3 Å². The Balaban J connectivity index is 1.32. The van der Waals surface area contributed by atoms with E-state index in [4.69, 9.17) is 0 Å². The SMILES string of the molecule is Cc1cc(C(=O)O)cc(C2CC(CCN[C@H](C)c3cccc4ccccc34)Cc3ccccc32)c1. The lowest BCUT2D eigenvalue weighted by molar-refractivity contribution is 0.0696. The Labute approximate surface area is 207 Å². The van der Waals surface area contributed by atoms with Crippen LogP contribution in [0.3, 0.4) is 0 Å². The molecule has 0 heterocycles. The highest BCUT2D eigenvalue weighted by Gasteiger charge is 2.28. The van der Waals surface area contributed by atoms with Crippen LogP contribution in [0.5, 0.6) is 0 Å². The van der Waals surface area contributed by atoms with Crippen molar-refractivity contribution in [3.05, 3.63) is 118 Å². The number of fused-ring (bicyclic) bond motifs is 2. The van der Waals surface area contributed by atoms with Crippen LogP contribution in [-0.4, -0.2) is 17.6 Å². The Morgan fingerprint density at radius 2 is 1.77 bits per heavy atom. The van der Waals surface area contributed by atoms with Crippen LogP contribution in [0.25, 0.3) is 10.8 Å². The highest BCUT2D eigenvalue weighted by atomic mass is 16.4. The summed E-state index contributed by atoms with van der Waals surface area (Å²) < 4.78 is 0. The molecule has 3 heteroatoms. The van der Waals surface area contributed by atoms with Gasteiger partial charge in [0.15, 0.2) is 0 Å². The second-order valence-electron chi connectivity index (χ2n) is 10.0. The lowest BCUT2D eigenvalue weighted by atomic mass is 9.72. The average Bonchev–Trinajstić information content (AvgIpc) is 2.87. The summed E-state index contributed by atoms with van der Waals surface area (Å²) in [4.78, 5) is 11.7. The minimum Gasteiger partial charge on any atom is -0.478 e. The molecule has 0 spiro atoms. The number of carboxylic acids is 1. The molecule has 35 heavy (non-hydrogen) atoms. The van der Waals surface area contributed by atoms with Gasteiger partial charge in [0.05, 0.1) is 5.56 Å². The number of carboxylic acid groups (broad SMARTS) is 1. The van der Waals surface area contributed by atoms with Gasteiger partial charge in [0.2, 0.25) is 0 Å². The summed E-state index contributed by atoms with van der Waals surface area (Å²) in [6.07, 6.45) is 3.22. The number of benzene rings is 4. The van der Waals surface area contributed by atoms with Gasteiger partial charge >= 0.3 is 5.97 Å². The number of hydrogen-bond acceptors (Lipinski definition) is 2. The summed E-state index contributed by atoms with van der Waals surface area (Å²) in [6.45, 7) is 5.19. The third-order valence-corrected chi connectivity index (χ3v) is 7.55. The van der Waals surface area contributed by atoms with E-state index >= 15 is 0 Å². The van der Waals surface area contributed by atoms with Crippen molar-refractivity contribution in [2.75, 3.05) is 6.54 Å². The van der Waals surface area contributed by atoms with Crippen LogP contribution in [0, 0.1) is 12.8 Å². The van der Waals surface area contributed by atoms with Gasteiger partial charge in [0.25, 0.3) is 0 Å². The molecule has 3 nitrogen and oxygen atoms in total. The van der Waals surface area contributed by atoms with Gasteiger partial charge < -0.3 is 10.4 Å². The van der Waals surface area contributed by atoms with Crippen LogP contribution in [0.2, 0.25) is 0 Å². The molecule has 4 aromatic rings. The lowest BCUT2D eigenvalue weighted by Gasteiger charge is -2.33. The predicted octanol–water partition coefficient (Wildman–Crippen LogP) is 7.28. The Hall–Kier alpha value is -3.43. The Morgan fingerprint density at radius 3 is 2.63 bits per heavy atom. The fourth-order valence-corrected chi connectivity index (χ4v) is 5.83. The third-order valence-electron chi connectivity index (χ3n) is 7.55. The highest BCUT2D eigenvalue weighted by Crippen LogP contribution is 2.41. The minimum atomic E-state index is -0.859. The molecule has 1 aliphatic rings. The van der Waals surface area contributed by atoms with Crippen molar-refractivity contribution in [1.29, 1.82) is 0 Å². The van der Waals surface area contributed by atoms with E-state index in [1.54, 1.807) is 6.07 Å². The zero-order chi connectivity index (χ0) is 24.4. The van der Waals surface area contributed by atoms with E-state index in [0.717, 1.165) is 36.9 Å². The zero-order valence-electron chi connectivity index (χ0n) is 20.5. The molecule has 4 aromatic carbocycles. The van der Waals surface area contributed by atoms with Crippen LogP contribution >= 0.6 is 0 Å². The first-order valence-corrected chi connectivity index (χ1v) is 12.6. The van der Waals surface area contributed by atoms with Crippen LogP contribution in [0.15, 0.2) is 84.9 Å². The number of rotatable bonds is 7. The highest BCUT2D eigenvalue weighted by molar-refractivity contribution is 5.88. The molecule has 0 aliphatic heterocycles. The molecule has 5 rings (SSSR count). The number of carbonyl (C=O) groups is 1. The van der Waals surface area contributed by atoms with Crippen LogP contribution < -0.4 is 5.32 Å². The van der Waals surface area contributed by atoms with Crippen LogP contribution in [0.4, 0.5) is 0 Å². The predicted molar refractivity (Wildman–Crippen MR) is 143 cm³/mol. The maximum atomic E-state index is 11.7. The van der Waals surface area contributed by atoms with E-state index in [1.165, 1.54) is 27.5 Å². The molecular formula is C32H33NO2. The van der Waals surface area contributed by atoms with E-state index in [0.29, 0.717) is 11.5 Å². The summed E-state index contributed by atoms with van der Waals surface area (Å²) in [5, 5.41) is 16.0. The van der Waals surface area contributed by atoms with Crippen molar-refractivity contribution in [3.8, 4) is 0 Å². The van der Waals surface area contributed by atoms with E-state index in [1.807, 2.05) is 13.0 Å². The molecule has 0 aromatic heterocycles. The van der Waals surface area contributed by atoms with Gasteiger partial charge in [-0.3, -0.25) is 0 Å². The summed E-state index contributed by atoms with van der Waals surface area (Å²) in [5.74, 6) is -0.0726. The Kier molecular flexibility index (Phi) is 6.70. The molecule has 2 unspecified atom stereocenters. The monoisotopic (exact) mass is 463 g/mol. The molecule has 178 valence electrons. The van der Waals surface area contributed by atoms with E-state index in [9.17, 15) is 9.90 Å². The van der Waals surface area contributed by atoms with Crippen molar-refractivity contribution in [3.63, 3.8) is 0 Å². The second-order valence-corrected chi connectivity index (χ2v) is 10.0. The maximum Gasteiger partial charge on any atom is 0.335 e. The molecule has 0 radical (unpaired) electrons. The molecule has 2 N–H and O–H groups in total. The molecule has 0 amide bonds. The number of aryl methyl sites for hydroxylation is 1. The van der Waals surface area contributed by atoms with Crippen LogP contribution in [-0.2, 0) is 6.42 Å². The van der Waals surface area contributed by atoms with Crippen molar-refractivity contribution < 1.29 is 9.90 Å². The lowest BCUT2D eigenvalue weighted by Crippen LogP contribution is -2.26. The second kappa shape index (κ2) is 10.1. The van der Waals surface area contributed by atoms with Crippen molar-refractivity contribution in [2.24, 2.45) is 5.92 Å². The van der Waals surface area contributed by atoms with Gasteiger partial charge in [-0.1, -0.05) is 72.8 Å². The first-order valence-electron chi connectivity index (χ1n) is 12.6. The molecule has 0 saturated heterocycles. The molecular weight excluding hydrogens is 430 g/mol. The largest absolute Gasteiger partial charge is 0.478 e. The first kappa shape index (κ1) is 23.3. The standard InChI is InChI=1S/C32H33NO2/c1-21-16-26(20-27(17-21)32(34)35)31-19-23(18-25-9-4-6-12-30(25)31)14-15-33-22(2)28-13-7-10-24-8-3-5-11-29(24)28/h3-13,16-17,20,22-23,31,33H,14-15,18-19H2,1-2H3,(H,34,35)/t22-,23?,31?/m1/s1. The average molecular weight is 464 g/mol. The molecule has 3 atom stereocenters. The van der Waals surface area contributed by atoms with Gasteiger partial charge in [-0.05, 0) is 96.3 Å². The van der Waals surface area contributed by atoms with Gasteiger partial charge in [-0.15, -0.1) is 0 Å². The fraction of sp³-hybridized carbons (Fsp3) is 0.281. The summed E-state index contributed by atoms with van der Waals surface area (Å²) in [6, 6.07) is 29.9. The summed E-state index contributed by atoms with van der Waals surface area (Å²) >= 11 is 0. The first-order chi connectivity index (χ1) is 17.0. The van der Waals surface area contributed by atoms with Gasteiger partial charge in [-0.2, -0.15) is 0 Å².